The van der Waals surface area contributed by atoms with Crippen molar-refractivity contribution in [3.8, 4) is 6.07 Å². The summed E-state index contributed by atoms with van der Waals surface area (Å²) in [6.07, 6.45) is 0. The minimum atomic E-state index is -3.52. The minimum Gasteiger partial charge on any atom is -0.399 e. The van der Waals surface area contributed by atoms with Crippen LogP contribution in [0, 0.1) is 18.3 Å². The van der Waals surface area contributed by atoms with Gasteiger partial charge < -0.3 is 5.73 Å². The lowest BCUT2D eigenvalue weighted by Gasteiger charge is -2.11. The number of aryl methyl sites for hydroxylation is 1. The van der Waals surface area contributed by atoms with E-state index in [0.717, 1.165) is 5.56 Å². The standard InChI is InChI=1S/C15H15N3O2S/c1-11-8-14(17)6-7-15(11)18-21(19,20)10-13-4-2-12(9-16)3-5-13/h2-8,18H,10,17H2,1H3. The van der Waals surface area contributed by atoms with Crippen LogP contribution in [0.4, 0.5) is 11.4 Å². The predicted molar refractivity (Wildman–Crippen MR) is 83.0 cm³/mol. The molecule has 0 atom stereocenters. The maximum absolute atomic E-state index is 12.2. The third-order valence-electron chi connectivity index (χ3n) is 2.96. The van der Waals surface area contributed by atoms with Crippen molar-refractivity contribution in [3.05, 3.63) is 59.2 Å². The summed E-state index contributed by atoms with van der Waals surface area (Å²) < 4.78 is 26.8. The summed E-state index contributed by atoms with van der Waals surface area (Å²) in [5.41, 5.74) is 8.62. The van der Waals surface area contributed by atoms with Gasteiger partial charge in [-0.3, -0.25) is 4.72 Å². The highest BCUT2D eigenvalue weighted by molar-refractivity contribution is 7.91. The summed E-state index contributed by atoms with van der Waals surface area (Å²) in [4.78, 5) is 0. The van der Waals surface area contributed by atoms with Gasteiger partial charge in [-0.2, -0.15) is 5.26 Å². The molecule has 2 rings (SSSR count). The molecule has 0 bridgehead atoms. The molecule has 0 saturated heterocycles. The molecule has 0 aromatic heterocycles. The molecule has 0 unspecified atom stereocenters. The smallest absolute Gasteiger partial charge is 0.236 e. The molecule has 2 aromatic rings. The minimum absolute atomic E-state index is 0.150. The molecule has 0 aliphatic rings. The third kappa shape index (κ3) is 3.97. The predicted octanol–water partition coefficient (Wildman–Crippen LogP) is 2.39. The van der Waals surface area contributed by atoms with E-state index in [1.807, 2.05) is 6.07 Å². The van der Waals surface area contributed by atoms with Crippen molar-refractivity contribution in [3.63, 3.8) is 0 Å². The molecule has 0 saturated carbocycles. The highest BCUT2D eigenvalue weighted by Crippen LogP contribution is 2.20. The lowest BCUT2D eigenvalue weighted by molar-refractivity contribution is 0.600. The molecule has 5 nitrogen and oxygen atoms in total. The van der Waals surface area contributed by atoms with Gasteiger partial charge >= 0.3 is 0 Å². The molecular formula is C15H15N3O2S. The first-order valence-corrected chi connectivity index (χ1v) is 7.90. The van der Waals surface area contributed by atoms with Crippen LogP contribution >= 0.6 is 0 Å². The van der Waals surface area contributed by atoms with E-state index in [0.29, 0.717) is 22.5 Å². The van der Waals surface area contributed by atoms with Gasteiger partial charge in [0, 0.05) is 5.69 Å². The van der Waals surface area contributed by atoms with Gasteiger partial charge in [0.25, 0.3) is 0 Å². The van der Waals surface area contributed by atoms with Crippen LogP contribution in [0.15, 0.2) is 42.5 Å². The van der Waals surface area contributed by atoms with E-state index in [1.165, 1.54) is 0 Å². The summed E-state index contributed by atoms with van der Waals surface area (Å²) in [6.45, 7) is 1.79. The highest BCUT2D eigenvalue weighted by atomic mass is 32.2. The molecule has 0 heterocycles. The number of benzene rings is 2. The normalized spacial score (nSPS) is 10.9. The Morgan fingerprint density at radius 1 is 1.19 bits per heavy atom. The number of anilines is 2. The number of nitrogens with zero attached hydrogens (tertiary/aromatic N) is 1. The molecule has 108 valence electrons. The Kier molecular flexibility index (Phi) is 4.15. The molecule has 0 spiro atoms. The number of hydrogen-bond acceptors (Lipinski definition) is 4. The van der Waals surface area contributed by atoms with Gasteiger partial charge in [0.05, 0.1) is 23.1 Å². The maximum Gasteiger partial charge on any atom is 0.236 e. The zero-order valence-corrected chi connectivity index (χ0v) is 12.3. The SMILES string of the molecule is Cc1cc(N)ccc1NS(=O)(=O)Cc1ccc(C#N)cc1. The number of hydrogen-bond donors (Lipinski definition) is 2. The van der Waals surface area contributed by atoms with Gasteiger partial charge in [-0.15, -0.1) is 0 Å². The fourth-order valence-electron chi connectivity index (χ4n) is 1.90. The molecule has 0 fully saturated rings. The van der Waals surface area contributed by atoms with E-state index >= 15 is 0 Å². The summed E-state index contributed by atoms with van der Waals surface area (Å²) >= 11 is 0. The van der Waals surface area contributed by atoms with E-state index in [-0.39, 0.29) is 5.75 Å². The molecule has 0 aliphatic carbocycles. The van der Waals surface area contributed by atoms with E-state index < -0.39 is 10.0 Å². The number of sulfonamides is 1. The van der Waals surface area contributed by atoms with Crippen molar-refractivity contribution < 1.29 is 8.42 Å². The monoisotopic (exact) mass is 301 g/mol. The lowest BCUT2D eigenvalue weighted by Crippen LogP contribution is -2.15. The van der Waals surface area contributed by atoms with Gasteiger partial charge in [-0.25, -0.2) is 8.42 Å². The van der Waals surface area contributed by atoms with E-state index in [4.69, 9.17) is 11.0 Å². The van der Waals surface area contributed by atoms with E-state index in [9.17, 15) is 8.42 Å². The van der Waals surface area contributed by atoms with Crippen LogP contribution in [-0.2, 0) is 15.8 Å². The van der Waals surface area contributed by atoms with Gasteiger partial charge in [-0.1, -0.05) is 12.1 Å². The van der Waals surface area contributed by atoms with Crippen molar-refractivity contribution >= 4 is 21.4 Å². The largest absolute Gasteiger partial charge is 0.399 e. The Bertz CT molecular complexity index is 791. The first kappa shape index (κ1) is 14.9. The number of rotatable bonds is 4. The first-order chi connectivity index (χ1) is 9.89. The molecule has 3 N–H and O–H groups in total. The average molecular weight is 301 g/mol. The first-order valence-electron chi connectivity index (χ1n) is 6.25. The Morgan fingerprint density at radius 2 is 1.86 bits per heavy atom. The molecular weight excluding hydrogens is 286 g/mol. The van der Waals surface area contributed by atoms with Crippen LogP contribution in [0.3, 0.4) is 0 Å². The zero-order chi connectivity index (χ0) is 15.5. The number of nitrogen functional groups attached to an aromatic ring is 1. The Labute approximate surface area is 124 Å². The van der Waals surface area contributed by atoms with Crippen molar-refractivity contribution in [1.29, 1.82) is 5.26 Å². The maximum atomic E-state index is 12.2. The summed E-state index contributed by atoms with van der Waals surface area (Å²) in [6, 6.07) is 13.4. The summed E-state index contributed by atoms with van der Waals surface area (Å²) in [5.74, 6) is -0.150. The van der Waals surface area contributed by atoms with E-state index in [1.54, 1.807) is 49.4 Å². The Morgan fingerprint density at radius 3 is 2.43 bits per heavy atom. The quantitative estimate of drug-likeness (QED) is 0.847. The van der Waals surface area contributed by atoms with Gasteiger partial charge in [-0.05, 0) is 48.4 Å². The zero-order valence-electron chi connectivity index (χ0n) is 11.5. The fraction of sp³-hybridized carbons (Fsp3) is 0.133. The highest BCUT2D eigenvalue weighted by Gasteiger charge is 2.13. The van der Waals surface area contributed by atoms with Gasteiger partial charge in [0.2, 0.25) is 10.0 Å². The van der Waals surface area contributed by atoms with Crippen molar-refractivity contribution in [2.75, 3.05) is 10.5 Å². The van der Waals surface area contributed by atoms with E-state index in [2.05, 4.69) is 4.72 Å². The Balaban J connectivity index is 2.16. The molecule has 0 radical (unpaired) electrons. The third-order valence-corrected chi connectivity index (χ3v) is 4.20. The van der Waals surface area contributed by atoms with Crippen molar-refractivity contribution in [2.45, 2.75) is 12.7 Å². The van der Waals surface area contributed by atoms with Crippen LogP contribution in [0.25, 0.3) is 0 Å². The van der Waals surface area contributed by atoms with Gasteiger partial charge in [0.15, 0.2) is 0 Å². The molecule has 0 aliphatic heterocycles. The second-order valence-corrected chi connectivity index (χ2v) is 6.47. The van der Waals surface area contributed by atoms with Crippen molar-refractivity contribution in [1.82, 2.24) is 0 Å². The molecule has 2 aromatic carbocycles. The summed E-state index contributed by atoms with van der Waals surface area (Å²) in [7, 11) is -3.52. The average Bonchev–Trinajstić information content (AvgIpc) is 2.42. The topological polar surface area (TPSA) is 96.0 Å². The van der Waals surface area contributed by atoms with Gasteiger partial charge in [0.1, 0.15) is 0 Å². The summed E-state index contributed by atoms with van der Waals surface area (Å²) in [5, 5.41) is 8.72. The molecule has 6 heteroatoms. The second-order valence-electron chi connectivity index (χ2n) is 4.74. The second kappa shape index (κ2) is 5.85. The van der Waals surface area contributed by atoms with Crippen LogP contribution in [-0.4, -0.2) is 8.42 Å². The molecule has 0 amide bonds. The lowest BCUT2D eigenvalue weighted by atomic mass is 10.2. The number of nitrogens with one attached hydrogen (secondary N) is 1. The number of nitrogens with two attached hydrogens (primary N) is 1. The van der Waals surface area contributed by atoms with Crippen LogP contribution in [0.2, 0.25) is 0 Å². The fourth-order valence-corrected chi connectivity index (χ4v) is 3.17. The van der Waals surface area contributed by atoms with Crippen LogP contribution in [0.1, 0.15) is 16.7 Å². The van der Waals surface area contributed by atoms with Crippen molar-refractivity contribution in [2.24, 2.45) is 0 Å². The van der Waals surface area contributed by atoms with Crippen LogP contribution < -0.4 is 10.5 Å². The Hall–Kier alpha value is -2.52. The van der Waals surface area contributed by atoms with Crippen LogP contribution in [0.5, 0.6) is 0 Å². The number of nitriles is 1. The molecule has 21 heavy (non-hydrogen) atoms.